The van der Waals surface area contributed by atoms with Crippen molar-refractivity contribution >= 4 is 73.7 Å². The first-order valence-corrected chi connectivity index (χ1v) is 13.2. The van der Waals surface area contributed by atoms with Crippen LogP contribution in [0, 0.1) is 0 Å². The maximum Gasteiger partial charge on any atom is 0.264 e. The summed E-state index contributed by atoms with van der Waals surface area (Å²) in [4.78, 5) is 17.6. The quantitative estimate of drug-likeness (QED) is 0.267. The fourth-order valence-electron chi connectivity index (χ4n) is 3.25. The number of rotatable bonds is 8. The van der Waals surface area contributed by atoms with E-state index in [1.54, 1.807) is 37.5 Å². The second kappa shape index (κ2) is 12.1. The third kappa shape index (κ3) is 6.56. The minimum absolute atomic E-state index is 0.228. The van der Waals surface area contributed by atoms with Crippen molar-refractivity contribution in [1.82, 2.24) is 5.32 Å². The standard InChI is InChI=1S/C26H21BrCl2N2O4S/c1-3-34-19-8-6-18(7-9-19)30-26-31-25(32)24(36-26)11-16-10-22(33-2)23(13-20(16)27)35-14-15-4-5-17(28)12-21(15)29/h4-13H,3,14H2,1-2H3,(H,30,31,32)/b24-11+. The van der Waals surface area contributed by atoms with Crippen molar-refractivity contribution in [1.29, 1.82) is 0 Å². The number of hydrogen-bond acceptors (Lipinski definition) is 6. The highest BCUT2D eigenvalue weighted by atomic mass is 79.9. The van der Waals surface area contributed by atoms with Crippen LogP contribution in [0.5, 0.6) is 17.2 Å². The molecule has 6 nitrogen and oxygen atoms in total. The van der Waals surface area contributed by atoms with E-state index in [1.807, 2.05) is 37.3 Å². The zero-order chi connectivity index (χ0) is 25.7. The molecule has 0 saturated carbocycles. The fraction of sp³-hybridized carbons (Fsp3) is 0.154. The van der Waals surface area contributed by atoms with E-state index in [4.69, 9.17) is 37.4 Å². The molecule has 4 rings (SSSR count). The van der Waals surface area contributed by atoms with E-state index in [-0.39, 0.29) is 12.5 Å². The molecule has 1 aliphatic heterocycles. The van der Waals surface area contributed by atoms with Crippen molar-refractivity contribution < 1.29 is 19.0 Å². The van der Waals surface area contributed by atoms with Crippen molar-refractivity contribution in [2.45, 2.75) is 13.5 Å². The number of carbonyl (C=O) groups excluding carboxylic acids is 1. The Kier molecular flexibility index (Phi) is 8.85. The molecule has 1 aliphatic rings. The van der Waals surface area contributed by atoms with Gasteiger partial charge in [0.1, 0.15) is 12.4 Å². The Labute approximate surface area is 231 Å². The van der Waals surface area contributed by atoms with Crippen LogP contribution in [0.25, 0.3) is 6.08 Å². The van der Waals surface area contributed by atoms with Crippen LogP contribution in [-0.2, 0) is 11.4 Å². The zero-order valence-electron chi connectivity index (χ0n) is 19.3. The predicted molar refractivity (Wildman–Crippen MR) is 150 cm³/mol. The van der Waals surface area contributed by atoms with Gasteiger partial charge in [-0.2, -0.15) is 0 Å². The van der Waals surface area contributed by atoms with Gasteiger partial charge in [0.05, 0.1) is 24.3 Å². The minimum atomic E-state index is -0.228. The molecule has 3 aromatic carbocycles. The van der Waals surface area contributed by atoms with E-state index in [0.717, 1.165) is 21.3 Å². The Balaban J connectivity index is 1.51. The third-order valence-corrected chi connectivity index (χ3v) is 7.18. The number of amides is 1. The minimum Gasteiger partial charge on any atom is -0.494 e. The van der Waals surface area contributed by atoms with Crippen LogP contribution in [0.1, 0.15) is 18.1 Å². The maximum atomic E-state index is 12.6. The van der Waals surface area contributed by atoms with Gasteiger partial charge in [-0.05, 0) is 78.9 Å². The van der Waals surface area contributed by atoms with Crippen LogP contribution in [0.4, 0.5) is 5.69 Å². The molecule has 0 aromatic heterocycles. The molecule has 0 atom stereocenters. The lowest BCUT2D eigenvalue weighted by molar-refractivity contribution is -0.115. The lowest BCUT2D eigenvalue weighted by Crippen LogP contribution is -2.19. The van der Waals surface area contributed by atoms with Gasteiger partial charge in [-0.3, -0.25) is 4.79 Å². The fourth-order valence-corrected chi connectivity index (χ4v) is 4.98. The number of nitrogens with one attached hydrogen (secondary N) is 1. The molecule has 0 radical (unpaired) electrons. The van der Waals surface area contributed by atoms with Crippen LogP contribution in [0.15, 0.2) is 69.0 Å². The van der Waals surface area contributed by atoms with Crippen molar-refractivity contribution in [3.63, 3.8) is 0 Å². The van der Waals surface area contributed by atoms with Gasteiger partial charge in [0.15, 0.2) is 16.7 Å². The first-order chi connectivity index (χ1) is 17.4. The number of ether oxygens (including phenoxy) is 3. The van der Waals surface area contributed by atoms with E-state index in [0.29, 0.717) is 43.9 Å². The molecule has 1 saturated heterocycles. The average molecular weight is 608 g/mol. The van der Waals surface area contributed by atoms with Crippen LogP contribution in [-0.4, -0.2) is 24.8 Å². The summed E-state index contributed by atoms with van der Waals surface area (Å²) in [6.45, 7) is 2.76. The van der Waals surface area contributed by atoms with E-state index in [2.05, 4.69) is 26.2 Å². The second-order valence-electron chi connectivity index (χ2n) is 7.46. The number of nitrogens with zero attached hydrogens (tertiary/aromatic N) is 1. The molecule has 186 valence electrons. The zero-order valence-corrected chi connectivity index (χ0v) is 23.2. The lowest BCUT2D eigenvalue weighted by Gasteiger charge is -2.14. The highest BCUT2D eigenvalue weighted by Crippen LogP contribution is 2.37. The van der Waals surface area contributed by atoms with E-state index in [1.165, 1.54) is 11.8 Å². The monoisotopic (exact) mass is 606 g/mol. The number of halogens is 3. The average Bonchev–Trinajstić information content (AvgIpc) is 3.19. The van der Waals surface area contributed by atoms with Crippen LogP contribution in [0.2, 0.25) is 10.0 Å². The first-order valence-electron chi connectivity index (χ1n) is 10.8. The third-order valence-electron chi connectivity index (χ3n) is 5.00. The largest absolute Gasteiger partial charge is 0.494 e. The number of benzene rings is 3. The number of carbonyl (C=O) groups is 1. The number of amidine groups is 1. The van der Waals surface area contributed by atoms with Crippen molar-refractivity contribution in [3.05, 3.63) is 85.1 Å². The summed E-state index contributed by atoms with van der Waals surface area (Å²) >= 11 is 17.0. The molecule has 0 aliphatic carbocycles. The Hall–Kier alpha value is -2.65. The molecule has 1 fully saturated rings. The van der Waals surface area contributed by atoms with Crippen molar-refractivity contribution in [2.75, 3.05) is 13.7 Å². The molecule has 10 heteroatoms. The summed E-state index contributed by atoms with van der Waals surface area (Å²) < 4.78 is 17.7. The van der Waals surface area contributed by atoms with Gasteiger partial charge >= 0.3 is 0 Å². The molecule has 0 unspecified atom stereocenters. The van der Waals surface area contributed by atoms with Gasteiger partial charge in [0, 0.05) is 20.1 Å². The van der Waals surface area contributed by atoms with Gasteiger partial charge in [-0.15, -0.1) is 0 Å². The van der Waals surface area contributed by atoms with Gasteiger partial charge < -0.3 is 19.5 Å². The number of hydrogen-bond donors (Lipinski definition) is 1. The van der Waals surface area contributed by atoms with E-state index >= 15 is 0 Å². The Morgan fingerprint density at radius 2 is 1.83 bits per heavy atom. The molecule has 1 N–H and O–H groups in total. The lowest BCUT2D eigenvalue weighted by atomic mass is 10.1. The Bertz CT molecular complexity index is 1350. The molecule has 1 amide bonds. The van der Waals surface area contributed by atoms with Crippen molar-refractivity contribution in [3.8, 4) is 17.2 Å². The molecule has 1 heterocycles. The van der Waals surface area contributed by atoms with Gasteiger partial charge in [0.25, 0.3) is 5.91 Å². The van der Waals surface area contributed by atoms with Gasteiger partial charge in [0.2, 0.25) is 0 Å². The van der Waals surface area contributed by atoms with E-state index < -0.39 is 0 Å². The summed E-state index contributed by atoms with van der Waals surface area (Å²) in [5, 5.41) is 4.38. The summed E-state index contributed by atoms with van der Waals surface area (Å²) in [6, 6.07) is 16.2. The summed E-state index contributed by atoms with van der Waals surface area (Å²) in [5.41, 5.74) is 2.26. The molecular formula is C26H21BrCl2N2O4S. The van der Waals surface area contributed by atoms with Crippen LogP contribution >= 0.6 is 50.9 Å². The van der Waals surface area contributed by atoms with Gasteiger partial charge in [-0.25, -0.2) is 4.99 Å². The predicted octanol–water partition coefficient (Wildman–Crippen LogP) is 7.63. The summed E-state index contributed by atoms with van der Waals surface area (Å²) in [7, 11) is 1.56. The molecule has 36 heavy (non-hydrogen) atoms. The number of aliphatic imine (C=N–C) groups is 1. The molecule has 0 spiro atoms. The first kappa shape index (κ1) is 26.4. The van der Waals surface area contributed by atoms with Crippen LogP contribution < -0.4 is 19.5 Å². The molecule has 0 bridgehead atoms. The Morgan fingerprint density at radius 3 is 2.53 bits per heavy atom. The number of methoxy groups -OCH3 is 1. The van der Waals surface area contributed by atoms with Crippen molar-refractivity contribution in [2.24, 2.45) is 4.99 Å². The van der Waals surface area contributed by atoms with Gasteiger partial charge in [-0.1, -0.05) is 45.2 Å². The van der Waals surface area contributed by atoms with E-state index in [9.17, 15) is 4.79 Å². The SMILES string of the molecule is CCOc1ccc(N=C2NC(=O)/C(=C\c3cc(OC)c(OCc4ccc(Cl)cc4Cl)cc3Br)S2)cc1. The topological polar surface area (TPSA) is 69.2 Å². The molecular weight excluding hydrogens is 587 g/mol. The van der Waals surface area contributed by atoms with Crippen LogP contribution in [0.3, 0.4) is 0 Å². The Morgan fingerprint density at radius 1 is 1.06 bits per heavy atom. The highest BCUT2D eigenvalue weighted by molar-refractivity contribution is 9.10. The summed E-state index contributed by atoms with van der Waals surface area (Å²) in [6.07, 6.45) is 1.77. The molecule has 3 aromatic rings. The summed E-state index contributed by atoms with van der Waals surface area (Å²) in [5.74, 6) is 1.58. The smallest absolute Gasteiger partial charge is 0.264 e. The number of thioether (sulfide) groups is 1. The maximum absolute atomic E-state index is 12.6. The second-order valence-corrected chi connectivity index (χ2v) is 10.2. The highest BCUT2D eigenvalue weighted by Gasteiger charge is 2.24. The normalized spacial score (nSPS) is 15.3.